The van der Waals surface area contributed by atoms with Crippen molar-refractivity contribution in [3.8, 4) is 0 Å². The lowest BCUT2D eigenvalue weighted by Crippen LogP contribution is -2.30. The third-order valence-corrected chi connectivity index (χ3v) is 11.4. The van der Waals surface area contributed by atoms with E-state index in [-0.39, 0.29) is 31.1 Å². The van der Waals surface area contributed by atoms with Crippen LogP contribution in [0.4, 0.5) is 0 Å². The molecule has 0 aliphatic rings. The maximum Gasteiger partial charge on any atom is 0.306 e. The van der Waals surface area contributed by atoms with E-state index in [1.807, 2.05) is 0 Å². The molecule has 0 rings (SSSR count). The van der Waals surface area contributed by atoms with Crippen LogP contribution in [0.1, 0.15) is 252 Å². The van der Waals surface area contributed by atoms with Crippen molar-refractivity contribution in [3.05, 3.63) is 85.1 Å². The Morgan fingerprint density at radius 3 is 0.969 bits per heavy atom. The zero-order chi connectivity index (χ0) is 47.2. The van der Waals surface area contributed by atoms with Crippen LogP contribution in [-0.2, 0) is 28.6 Å². The topological polar surface area (TPSA) is 78.9 Å². The Kier molecular flexibility index (Phi) is 50.4. The van der Waals surface area contributed by atoms with Crippen molar-refractivity contribution in [1.82, 2.24) is 0 Å². The summed E-state index contributed by atoms with van der Waals surface area (Å²) in [7, 11) is 0. The minimum Gasteiger partial charge on any atom is -0.462 e. The molecule has 0 aliphatic carbocycles. The molecule has 65 heavy (non-hydrogen) atoms. The lowest BCUT2D eigenvalue weighted by atomic mass is 10.1. The third kappa shape index (κ3) is 51.4. The predicted octanol–water partition coefficient (Wildman–Crippen LogP) is 18.0. The van der Waals surface area contributed by atoms with Crippen LogP contribution in [0.3, 0.4) is 0 Å². The van der Waals surface area contributed by atoms with Gasteiger partial charge in [0.05, 0.1) is 0 Å². The molecule has 0 fully saturated rings. The highest BCUT2D eigenvalue weighted by Crippen LogP contribution is 2.14. The molecule has 0 saturated carbocycles. The molecule has 0 heterocycles. The summed E-state index contributed by atoms with van der Waals surface area (Å²) >= 11 is 0. The molecule has 0 aromatic carbocycles. The zero-order valence-electron chi connectivity index (χ0n) is 42.5. The van der Waals surface area contributed by atoms with Crippen LogP contribution in [0.25, 0.3) is 0 Å². The summed E-state index contributed by atoms with van der Waals surface area (Å²) in [5, 5.41) is 0. The number of hydrogen-bond acceptors (Lipinski definition) is 6. The fraction of sp³-hybridized carbons (Fsp3) is 0.712. The lowest BCUT2D eigenvalue weighted by molar-refractivity contribution is -0.167. The molecule has 0 aromatic rings. The van der Waals surface area contributed by atoms with Crippen molar-refractivity contribution in [3.63, 3.8) is 0 Å². The van der Waals surface area contributed by atoms with Crippen molar-refractivity contribution >= 4 is 17.9 Å². The number of esters is 3. The minimum atomic E-state index is -0.777. The summed E-state index contributed by atoms with van der Waals surface area (Å²) in [5.74, 6) is -0.908. The Morgan fingerprint density at radius 2 is 0.600 bits per heavy atom. The van der Waals surface area contributed by atoms with Crippen LogP contribution < -0.4 is 0 Å². The normalized spacial score (nSPS) is 12.7. The van der Waals surface area contributed by atoms with Gasteiger partial charge in [0.15, 0.2) is 6.10 Å². The molecular formula is C59H100O6. The second-order valence-corrected chi connectivity index (χ2v) is 17.8. The molecule has 6 nitrogen and oxygen atoms in total. The van der Waals surface area contributed by atoms with Crippen molar-refractivity contribution in [1.29, 1.82) is 0 Å². The van der Waals surface area contributed by atoms with Gasteiger partial charge in [-0.05, 0) is 96.3 Å². The molecule has 6 heteroatoms. The third-order valence-electron chi connectivity index (χ3n) is 11.4. The van der Waals surface area contributed by atoms with E-state index in [0.29, 0.717) is 19.3 Å². The number of unbranched alkanes of at least 4 members (excludes halogenated alkanes) is 23. The lowest BCUT2D eigenvalue weighted by Gasteiger charge is -2.18. The first-order valence-electron chi connectivity index (χ1n) is 27.1. The zero-order valence-corrected chi connectivity index (χ0v) is 42.5. The van der Waals surface area contributed by atoms with Gasteiger partial charge in [-0.25, -0.2) is 0 Å². The molecule has 0 N–H and O–H groups in total. The molecular weight excluding hydrogens is 805 g/mol. The molecule has 372 valence electrons. The monoisotopic (exact) mass is 905 g/mol. The van der Waals surface area contributed by atoms with Gasteiger partial charge in [0, 0.05) is 19.3 Å². The number of rotatable bonds is 48. The summed E-state index contributed by atoms with van der Waals surface area (Å²) in [6.45, 7) is 6.41. The van der Waals surface area contributed by atoms with Crippen LogP contribution >= 0.6 is 0 Å². The summed E-state index contributed by atoms with van der Waals surface area (Å²) < 4.78 is 16.7. The number of carbonyl (C=O) groups excluding carboxylic acids is 3. The van der Waals surface area contributed by atoms with E-state index < -0.39 is 6.10 Å². The van der Waals surface area contributed by atoms with Crippen molar-refractivity contribution in [2.45, 2.75) is 258 Å². The maximum atomic E-state index is 12.7. The SMILES string of the molecule is CC/C=C\C/C=C\C/C=C\C/C=C\C/C=C\C/C=C\CCCCCCCCCCCCC(=O)OCC(COC(=O)CCCCCCC)OC(=O)CCCCCCC/C=C\CCCCCC. The van der Waals surface area contributed by atoms with E-state index in [9.17, 15) is 14.4 Å². The van der Waals surface area contributed by atoms with Crippen molar-refractivity contribution < 1.29 is 28.6 Å². The van der Waals surface area contributed by atoms with Gasteiger partial charge >= 0.3 is 17.9 Å². The predicted molar refractivity (Wildman–Crippen MR) is 279 cm³/mol. The molecule has 0 radical (unpaired) electrons. The van der Waals surface area contributed by atoms with E-state index in [0.717, 1.165) is 116 Å². The van der Waals surface area contributed by atoms with Gasteiger partial charge in [-0.1, -0.05) is 221 Å². The summed E-state index contributed by atoms with van der Waals surface area (Å²) in [6.07, 6.45) is 69.0. The van der Waals surface area contributed by atoms with E-state index >= 15 is 0 Å². The Balaban J connectivity index is 4.06. The number of carbonyl (C=O) groups is 3. The van der Waals surface area contributed by atoms with E-state index in [1.54, 1.807) is 0 Å². The average molecular weight is 905 g/mol. The summed E-state index contributed by atoms with van der Waals surface area (Å²) in [4.78, 5) is 37.7. The van der Waals surface area contributed by atoms with Crippen LogP contribution in [0.2, 0.25) is 0 Å². The van der Waals surface area contributed by atoms with Gasteiger partial charge < -0.3 is 14.2 Å². The van der Waals surface area contributed by atoms with E-state index in [2.05, 4.69) is 106 Å². The highest BCUT2D eigenvalue weighted by molar-refractivity contribution is 5.71. The molecule has 1 atom stereocenters. The van der Waals surface area contributed by atoms with Gasteiger partial charge in [0.1, 0.15) is 13.2 Å². The first kappa shape index (κ1) is 61.6. The molecule has 1 unspecified atom stereocenters. The molecule has 0 amide bonds. The number of allylic oxidation sites excluding steroid dienone is 14. The smallest absolute Gasteiger partial charge is 0.306 e. The Bertz CT molecular complexity index is 1270. The van der Waals surface area contributed by atoms with Crippen LogP contribution in [0, 0.1) is 0 Å². The first-order valence-corrected chi connectivity index (χ1v) is 27.1. The van der Waals surface area contributed by atoms with E-state index in [4.69, 9.17) is 14.2 Å². The molecule has 0 aromatic heterocycles. The Morgan fingerprint density at radius 1 is 0.323 bits per heavy atom. The summed E-state index contributed by atoms with van der Waals surface area (Å²) in [6, 6.07) is 0. The van der Waals surface area contributed by atoms with Crippen LogP contribution in [0.15, 0.2) is 85.1 Å². The fourth-order valence-corrected chi connectivity index (χ4v) is 7.32. The van der Waals surface area contributed by atoms with Crippen LogP contribution in [0.5, 0.6) is 0 Å². The average Bonchev–Trinajstić information content (AvgIpc) is 3.30. The highest BCUT2D eigenvalue weighted by Gasteiger charge is 2.19. The maximum absolute atomic E-state index is 12.7. The largest absolute Gasteiger partial charge is 0.462 e. The Hall–Kier alpha value is -3.41. The first-order chi connectivity index (χ1) is 32.0. The fourth-order valence-electron chi connectivity index (χ4n) is 7.32. The number of ether oxygens (including phenoxy) is 3. The van der Waals surface area contributed by atoms with Crippen molar-refractivity contribution in [2.75, 3.05) is 13.2 Å². The molecule has 0 bridgehead atoms. The Labute approximate surface area is 401 Å². The van der Waals surface area contributed by atoms with Gasteiger partial charge in [-0.3, -0.25) is 14.4 Å². The van der Waals surface area contributed by atoms with Gasteiger partial charge in [-0.15, -0.1) is 0 Å². The molecule has 0 aliphatic heterocycles. The molecule has 0 spiro atoms. The van der Waals surface area contributed by atoms with Gasteiger partial charge in [0.25, 0.3) is 0 Å². The van der Waals surface area contributed by atoms with Crippen molar-refractivity contribution in [2.24, 2.45) is 0 Å². The quantitative estimate of drug-likeness (QED) is 0.0262. The van der Waals surface area contributed by atoms with Gasteiger partial charge in [-0.2, -0.15) is 0 Å². The van der Waals surface area contributed by atoms with Gasteiger partial charge in [0.2, 0.25) is 0 Å². The van der Waals surface area contributed by atoms with E-state index in [1.165, 1.54) is 96.3 Å². The number of hydrogen-bond donors (Lipinski definition) is 0. The second-order valence-electron chi connectivity index (χ2n) is 17.8. The molecule has 0 saturated heterocycles. The second kappa shape index (κ2) is 53.2. The van der Waals surface area contributed by atoms with Crippen LogP contribution in [-0.4, -0.2) is 37.2 Å². The minimum absolute atomic E-state index is 0.0809. The standard InChI is InChI=1S/C59H100O6/c1-4-7-10-13-15-17-19-21-22-23-24-25-26-27-28-29-30-31-32-33-34-35-36-38-39-41-43-46-49-52-58(61)64-55-56(54-63-57(60)51-48-45-12-9-6-3)65-59(62)53-50-47-44-42-40-37-20-18-16-14-11-8-5-2/h7,10,15,17-18,20-22,24-25,27-28,30-31,56H,4-6,8-9,11-14,16,19,23,26,29,32-55H2,1-3H3/b10-7-,17-15-,20-18-,22-21-,25-24-,28-27-,31-30-. The highest BCUT2D eigenvalue weighted by atomic mass is 16.6. The summed E-state index contributed by atoms with van der Waals surface area (Å²) in [5.41, 5.74) is 0.